The van der Waals surface area contributed by atoms with E-state index in [9.17, 15) is 4.79 Å². The molecule has 3 N–H and O–H groups in total. The Labute approximate surface area is 55.6 Å². The quantitative estimate of drug-likeness (QED) is 0.549. The topological polar surface area (TPSA) is 55.1 Å². The zero-order valence-electron chi connectivity index (χ0n) is 5.98. The first kappa shape index (κ1) is 8.43. The minimum absolute atomic E-state index is 0.290. The fraction of sp³-hybridized carbons (Fsp3) is 0.833. The van der Waals surface area contributed by atoms with Gasteiger partial charge in [-0.1, -0.05) is 13.8 Å². The lowest BCUT2D eigenvalue weighted by Crippen LogP contribution is -2.30. The predicted molar refractivity (Wildman–Crippen MR) is 36.9 cm³/mol. The second kappa shape index (κ2) is 4.32. The molecule has 0 aromatic rings. The van der Waals surface area contributed by atoms with Crippen molar-refractivity contribution in [2.24, 2.45) is 11.7 Å². The number of carbonyl (C=O) groups is 1. The maximum atomic E-state index is 10.1. The van der Waals surface area contributed by atoms with Crippen LogP contribution in [0.4, 0.5) is 0 Å². The van der Waals surface area contributed by atoms with E-state index in [0.29, 0.717) is 5.92 Å². The van der Waals surface area contributed by atoms with Crippen molar-refractivity contribution in [3.05, 3.63) is 0 Å². The molecule has 0 aliphatic carbocycles. The molecule has 0 radical (unpaired) electrons. The van der Waals surface area contributed by atoms with Crippen LogP contribution in [0.2, 0.25) is 0 Å². The summed E-state index contributed by atoms with van der Waals surface area (Å²) >= 11 is 0. The number of hydrogen-bond acceptors (Lipinski definition) is 2. The van der Waals surface area contributed by atoms with Crippen LogP contribution in [0.15, 0.2) is 0 Å². The number of amides is 1. The van der Waals surface area contributed by atoms with Gasteiger partial charge in [-0.05, 0) is 12.5 Å². The molecule has 0 heterocycles. The standard InChI is InChI=1S/C6H14N2O/c1-5(2)3-8-4-6(7)9/h5,8H,3-4H2,1-2H3,(H2,7,9). The summed E-state index contributed by atoms with van der Waals surface area (Å²) in [5, 5.41) is 2.91. The van der Waals surface area contributed by atoms with Gasteiger partial charge in [0, 0.05) is 0 Å². The van der Waals surface area contributed by atoms with Crippen LogP contribution in [0.3, 0.4) is 0 Å². The summed E-state index contributed by atoms with van der Waals surface area (Å²) in [5.41, 5.74) is 4.88. The normalized spacial score (nSPS) is 10.1. The van der Waals surface area contributed by atoms with Crippen LogP contribution in [0.5, 0.6) is 0 Å². The molecule has 0 aliphatic heterocycles. The second-order valence-electron chi connectivity index (χ2n) is 2.49. The van der Waals surface area contributed by atoms with Crippen LogP contribution in [-0.2, 0) is 4.79 Å². The number of primary amides is 1. The maximum absolute atomic E-state index is 10.1. The smallest absolute Gasteiger partial charge is 0.231 e. The number of carbonyl (C=O) groups excluding carboxylic acids is 1. The highest BCUT2D eigenvalue weighted by Gasteiger charge is 1.94. The van der Waals surface area contributed by atoms with E-state index in [1.165, 1.54) is 0 Å². The Hall–Kier alpha value is -0.570. The highest BCUT2D eigenvalue weighted by molar-refractivity contribution is 5.75. The molecule has 0 fully saturated rings. The molecule has 0 aliphatic rings. The molecule has 0 saturated carbocycles. The summed E-state index contributed by atoms with van der Waals surface area (Å²) in [6.07, 6.45) is 0. The van der Waals surface area contributed by atoms with E-state index in [0.717, 1.165) is 6.54 Å². The Bertz CT molecular complexity index is 91.1. The van der Waals surface area contributed by atoms with Crippen molar-refractivity contribution in [2.45, 2.75) is 13.8 Å². The van der Waals surface area contributed by atoms with E-state index in [1.54, 1.807) is 0 Å². The monoisotopic (exact) mass is 130 g/mol. The van der Waals surface area contributed by atoms with Gasteiger partial charge in [-0.2, -0.15) is 0 Å². The molecule has 0 unspecified atom stereocenters. The lowest BCUT2D eigenvalue weighted by molar-refractivity contribution is -0.117. The molecule has 9 heavy (non-hydrogen) atoms. The van der Waals surface area contributed by atoms with Gasteiger partial charge >= 0.3 is 0 Å². The van der Waals surface area contributed by atoms with Crippen LogP contribution >= 0.6 is 0 Å². The highest BCUT2D eigenvalue weighted by Crippen LogP contribution is 1.85. The van der Waals surface area contributed by atoms with E-state index in [4.69, 9.17) is 5.73 Å². The number of nitrogens with two attached hydrogens (primary N) is 1. The van der Waals surface area contributed by atoms with Gasteiger partial charge in [0.2, 0.25) is 5.91 Å². The van der Waals surface area contributed by atoms with Crippen molar-refractivity contribution in [1.29, 1.82) is 0 Å². The molecular weight excluding hydrogens is 116 g/mol. The molecule has 0 spiro atoms. The predicted octanol–water partition coefficient (Wildman–Crippen LogP) is -0.283. The Morgan fingerprint density at radius 2 is 2.22 bits per heavy atom. The lowest BCUT2D eigenvalue weighted by Gasteiger charge is -2.03. The van der Waals surface area contributed by atoms with Gasteiger partial charge in [-0.25, -0.2) is 0 Å². The van der Waals surface area contributed by atoms with E-state index >= 15 is 0 Å². The van der Waals surface area contributed by atoms with Gasteiger partial charge in [0.15, 0.2) is 0 Å². The van der Waals surface area contributed by atoms with E-state index in [2.05, 4.69) is 19.2 Å². The number of rotatable bonds is 4. The summed E-state index contributed by atoms with van der Waals surface area (Å²) in [6, 6.07) is 0. The summed E-state index contributed by atoms with van der Waals surface area (Å²) in [6.45, 7) is 5.29. The second-order valence-corrected chi connectivity index (χ2v) is 2.49. The molecule has 0 aromatic heterocycles. The first-order chi connectivity index (χ1) is 4.13. The lowest BCUT2D eigenvalue weighted by atomic mass is 10.2. The zero-order valence-corrected chi connectivity index (χ0v) is 5.98. The largest absolute Gasteiger partial charge is 0.369 e. The number of hydrogen-bond donors (Lipinski definition) is 2. The van der Waals surface area contributed by atoms with Crippen LogP contribution in [0, 0.1) is 5.92 Å². The summed E-state index contributed by atoms with van der Waals surface area (Å²) in [5.74, 6) is 0.278. The van der Waals surface area contributed by atoms with Crippen molar-refractivity contribution in [1.82, 2.24) is 5.32 Å². The van der Waals surface area contributed by atoms with E-state index in [1.807, 2.05) is 0 Å². The summed E-state index contributed by atoms with van der Waals surface area (Å²) < 4.78 is 0. The maximum Gasteiger partial charge on any atom is 0.231 e. The van der Waals surface area contributed by atoms with Crippen molar-refractivity contribution in [3.8, 4) is 0 Å². The first-order valence-electron chi connectivity index (χ1n) is 3.12. The SMILES string of the molecule is CC(C)CNCC(N)=O. The van der Waals surface area contributed by atoms with Gasteiger partial charge in [0.25, 0.3) is 0 Å². The van der Waals surface area contributed by atoms with Crippen LogP contribution in [-0.4, -0.2) is 19.0 Å². The third-order valence-electron chi connectivity index (χ3n) is 0.852. The Morgan fingerprint density at radius 1 is 1.67 bits per heavy atom. The fourth-order valence-corrected chi connectivity index (χ4v) is 0.484. The van der Waals surface area contributed by atoms with Gasteiger partial charge in [0.05, 0.1) is 6.54 Å². The van der Waals surface area contributed by atoms with Crippen molar-refractivity contribution < 1.29 is 4.79 Å². The van der Waals surface area contributed by atoms with E-state index < -0.39 is 0 Å². The zero-order chi connectivity index (χ0) is 7.28. The molecule has 54 valence electrons. The minimum Gasteiger partial charge on any atom is -0.369 e. The Morgan fingerprint density at radius 3 is 2.56 bits per heavy atom. The molecule has 3 nitrogen and oxygen atoms in total. The molecule has 0 bridgehead atoms. The van der Waals surface area contributed by atoms with E-state index in [-0.39, 0.29) is 12.5 Å². The first-order valence-corrected chi connectivity index (χ1v) is 3.12. The summed E-state index contributed by atoms with van der Waals surface area (Å²) in [7, 11) is 0. The van der Waals surface area contributed by atoms with Crippen molar-refractivity contribution in [3.63, 3.8) is 0 Å². The minimum atomic E-state index is -0.296. The van der Waals surface area contributed by atoms with Gasteiger partial charge < -0.3 is 11.1 Å². The molecule has 0 saturated heterocycles. The van der Waals surface area contributed by atoms with Crippen molar-refractivity contribution >= 4 is 5.91 Å². The van der Waals surface area contributed by atoms with Crippen LogP contribution in [0.1, 0.15) is 13.8 Å². The molecule has 0 rings (SSSR count). The molecule has 0 aromatic carbocycles. The average molecular weight is 130 g/mol. The average Bonchev–Trinajstić information content (AvgIpc) is 1.63. The van der Waals surface area contributed by atoms with Crippen LogP contribution in [0.25, 0.3) is 0 Å². The highest BCUT2D eigenvalue weighted by atomic mass is 16.1. The third-order valence-corrected chi connectivity index (χ3v) is 0.852. The Balaban J connectivity index is 3.01. The van der Waals surface area contributed by atoms with Gasteiger partial charge in [0.1, 0.15) is 0 Å². The molecular formula is C6H14N2O. The number of nitrogens with one attached hydrogen (secondary N) is 1. The molecule has 3 heteroatoms. The summed E-state index contributed by atoms with van der Waals surface area (Å²) in [4.78, 5) is 10.1. The van der Waals surface area contributed by atoms with Gasteiger partial charge in [-0.15, -0.1) is 0 Å². The van der Waals surface area contributed by atoms with Crippen LogP contribution < -0.4 is 11.1 Å². The fourth-order valence-electron chi connectivity index (χ4n) is 0.484. The van der Waals surface area contributed by atoms with Gasteiger partial charge in [-0.3, -0.25) is 4.79 Å². The molecule has 0 atom stereocenters. The molecule has 1 amide bonds. The van der Waals surface area contributed by atoms with Crippen molar-refractivity contribution in [2.75, 3.05) is 13.1 Å². The third kappa shape index (κ3) is 7.43. The Kier molecular flexibility index (Phi) is 4.05.